The first-order valence-electron chi connectivity index (χ1n) is 9.75. The number of carbonyl (C=O) groups is 1. The van der Waals surface area contributed by atoms with Crippen molar-refractivity contribution in [1.29, 1.82) is 0 Å². The lowest BCUT2D eigenvalue weighted by atomic mass is 10.0. The number of fused-ring (bicyclic) bond motifs is 1. The maximum atomic E-state index is 13.0. The Morgan fingerprint density at radius 1 is 1.28 bits per heavy atom. The molecule has 8 heteroatoms. The second-order valence-electron chi connectivity index (χ2n) is 7.18. The fourth-order valence-corrected chi connectivity index (χ4v) is 3.13. The van der Waals surface area contributed by atoms with E-state index in [1.165, 1.54) is 6.20 Å². The Balaban J connectivity index is 1.59. The molecule has 0 aliphatic heterocycles. The van der Waals surface area contributed by atoms with Crippen LogP contribution in [0.1, 0.15) is 38.5 Å². The van der Waals surface area contributed by atoms with Gasteiger partial charge in [0.05, 0.1) is 18.8 Å². The number of aromatic nitrogens is 3. The zero-order valence-electron chi connectivity index (χ0n) is 16.9. The number of rotatable bonds is 5. The fourth-order valence-electron chi connectivity index (χ4n) is 3.13. The van der Waals surface area contributed by atoms with E-state index in [-0.39, 0.29) is 17.9 Å². The van der Waals surface area contributed by atoms with E-state index < -0.39 is 30.2 Å². The first-order chi connectivity index (χ1) is 14.1. The third-order valence-corrected chi connectivity index (χ3v) is 5.01. The summed E-state index contributed by atoms with van der Waals surface area (Å²) in [6.07, 6.45) is 2.77. The normalized spacial score (nSPS) is 20.0. The van der Waals surface area contributed by atoms with Crippen LogP contribution in [0, 0.1) is 12.8 Å². The number of hydrogen-bond donors (Lipinski definition) is 2. The second-order valence-corrected chi connectivity index (χ2v) is 7.18. The summed E-state index contributed by atoms with van der Waals surface area (Å²) < 4.78 is 34.0. The first-order valence-corrected chi connectivity index (χ1v) is 9.25. The van der Waals surface area contributed by atoms with Gasteiger partial charge < -0.3 is 10.4 Å². The highest BCUT2D eigenvalue weighted by atomic mass is 19.3. The molecule has 150 valence electrons. The lowest BCUT2D eigenvalue weighted by Crippen LogP contribution is -2.18. The van der Waals surface area contributed by atoms with Gasteiger partial charge in [-0.3, -0.25) is 14.8 Å². The standard InChI is InChI=1S/C21H20F2N4O2/c1-3-18(28)17-4-11(2)14(10-25-17)16-5-12-9-26-19(6-13(12)8-24-16)27-20(29)15-7-21(15,22)23/h4-6,8-10,15,18,28H,3,7H2,1-2H3,(H,26,27,29)/t15-,18+/m1/s1/i18D. The van der Waals surface area contributed by atoms with Crippen molar-refractivity contribution in [2.45, 2.75) is 38.7 Å². The summed E-state index contributed by atoms with van der Waals surface area (Å²) in [4.78, 5) is 24.6. The van der Waals surface area contributed by atoms with Crippen molar-refractivity contribution in [2.75, 3.05) is 5.32 Å². The van der Waals surface area contributed by atoms with E-state index in [1.807, 2.05) is 6.92 Å². The van der Waals surface area contributed by atoms with E-state index in [0.717, 1.165) is 16.5 Å². The van der Waals surface area contributed by atoms with Gasteiger partial charge in [-0.25, -0.2) is 13.8 Å². The SMILES string of the molecule is [2H][C@](O)(CC)c1cc(C)c(-c2cc3cnc(NC(=O)[C@H]4CC4(F)F)cc3cn2)cn1. The van der Waals surface area contributed by atoms with Gasteiger partial charge in [-0.2, -0.15) is 0 Å². The molecule has 1 aliphatic rings. The number of nitrogens with one attached hydrogen (secondary N) is 1. The molecule has 0 bridgehead atoms. The van der Waals surface area contributed by atoms with Gasteiger partial charge in [-0.05, 0) is 37.1 Å². The number of carbonyl (C=O) groups excluding carboxylic acids is 1. The molecule has 0 unspecified atom stereocenters. The van der Waals surface area contributed by atoms with E-state index in [2.05, 4.69) is 20.3 Å². The molecule has 2 N–H and O–H groups in total. The Kier molecular flexibility index (Phi) is 4.43. The first kappa shape index (κ1) is 18.1. The van der Waals surface area contributed by atoms with Gasteiger partial charge in [0, 0.05) is 41.3 Å². The average Bonchev–Trinajstić information content (AvgIpc) is 3.36. The molecular formula is C21H20F2N4O2. The van der Waals surface area contributed by atoms with Gasteiger partial charge in [0.25, 0.3) is 5.92 Å². The Bertz CT molecular complexity index is 1150. The lowest BCUT2D eigenvalue weighted by molar-refractivity contribution is -0.119. The van der Waals surface area contributed by atoms with Crippen LogP contribution >= 0.6 is 0 Å². The molecule has 0 spiro atoms. The summed E-state index contributed by atoms with van der Waals surface area (Å²) in [6, 6.07) is 5.06. The van der Waals surface area contributed by atoms with Crippen LogP contribution in [0.4, 0.5) is 14.6 Å². The summed E-state index contributed by atoms with van der Waals surface area (Å²) in [6.45, 7) is 3.56. The number of alkyl halides is 2. The van der Waals surface area contributed by atoms with Gasteiger partial charge in [0.1, 0.15) is 11.7 Å². The van der Waals surface area contributed by atoms with E-state index in [0.29, 0.717) is 11.1 Å². The number of nitrogens with zero attached hydrogens (tertiary/aromatic N) is 3. The van der Waals surface area contributed by atoms with Crippen molar-refractivity contribution >= 4 is 22.5 Å². The predicted octanol–water partition coefficient (Wildman–Crippen LogP) is 4.04. The van der Waals surface area contributed by atoms with Crippen molar-refractivity contribution in [3.63, 3.8) is 0 Å². The third-order valence-electron chi connectivity index (χ3n) is 5.01. The summed E-state index contributed by atoms with van der Waals surface area (Å²) in [5, 5.41) is 14.0. The molecule has 1 aliphatic carbocycles. The zero-order chi connectivity index (χ0) is 21.7. The Labute approximate surface area is 167 Å². The van der Waals surface area contributed by atoms with E-state index in [4.69, 9.17) is 1.37 Å². The smallest absolute Gasteiger partial charge is 0.260 e. The van der Waals surface area contributed by atoms with Gasteiger partial charge in [0.2, 0.25) is 5.91 Å². The maximum Gasteiger partial charge on any atom is 0.260 e. The minimum Gasteiger partial charge on any atom is -0.387 e. The van der Waals surface area contributed by atoms with Crippen LogP contribution < -0.4 is 5.32 Å². The lowest BCUT2D eigenvalue weighted by Gasteiger charge is -2.11. The number of aryl methyl sites for hydroxylation is 1. The van der Waals surface area contributed by atoms with Gasteiger partial charge in [0.15, 0.2) is 0 Å². The molecule has 3 aromatic rings. The molecule has 0 radical (unpaired) electrons. The van der Waals surface area contributed by atoms with Crippen LogP contribution in [0.5, 0.6) is 0 Å². The number of aliphatic hydroxyl groups is 1. The monoisotopic (exact) mass is 399 g/mol. The quantitative estimate of drug-likeness (QED) is 0.676. The zero-order valence-corrected chi connectivity index (χ0v) is 15.9. The van der Waals surface area contributed by atoms with Crippen LogP contribution in [-0.2, 0) is 4.79 Å². The minimum absolute atomic E-state index is 0.196. The van der Waals surface area contributed by atoms with Crippen LogP contribution in [0.3, 0.4) is 0 Å². The molecule has 1 fully saturated rings. The maximum absolute atomic E-state index is 13.0. The summed E-state index contributed by atoms with van der Waals surface area (Å²) in [5.41, 5.74) is 2.48. The fraction of sp³-hybridized carbons (Fsp3) is 0.333. The Hall–Kier alpha value is -3.00. The minimum atomic E-state index is -2.92. The van der Waals surface area contributed by atoms with Crippen molar-refractivity contribution in [2.24, 2.45) is 5.92 Å². The Morgan fingerprint density at radius 2 is 1.97 bits per heavy atom. The second kappa shape index (κ2) is 7.11. The topological polar surface area (TPSA) is 88.0 Å². The number of halogens is 2. The summed E-state index contributed by atoms with van der Waals surface area (Å²) in [7, 11) is 0. The predicted molar refractivity (Wildman–Crippen MR) is 104 cm³/mol. The van der Waals surface area contributed by atoms with Gasteiger partial charge in [-0.1, -0.05) is 6.92 Å². The van der Waals surface area contributed by atoms with Crippen molar-refractivity contribution in [3.8, 4) is 11.3 Å². The molecule has 3 aromatic heterocycles. The van der Waals surface area contributed by atoms with E-state index >= 15 is 0 Å². The molecule has 1 saturated carbocycles. The molecule has 0 aromatic carbocycles. The molecule has 2 atom stereocenters. The van der Waals surface area contributed by atoms with Crippen molar-refractivity contribution < 1.29 is 20.1 Å². The number of hydrogen-bond acceptors (Lipinski definition) is 5. The van der Waals surface area contributed by atoms with Crippen LogP contribution in [0.2, 0.25) is 0 Å². The molecular weight excluding hydrogens is 378 g/mol. The van der Waals surface area contributed by atoms with Crippen LogP contribution in [0.15, 0.2) is 36.8 Å². The molecule has 0 saturated heterocycles. The van der Waals surface area contributed by atoms with Crippen LogP contribution in [0.25, 0.3) is 22.0 Å². The number of anilines is 1. The molecule has 29 heavy (non-hydrogen) atoms. The number of pyridine rings is 3. The highest BCUT2D eigenvalue weighted by molar-refractivity contribution is 5.96. The summed E-state index contributed by atoms with van der Waals surface area (Å²) in [5.74, 6) is -4.75. The van der Waals surface area contributed by atoms with Gasteiger partial charge >= 0.3 is 0 Å². The Morgan fingerprint density at radius 3 is 2.62 bits per heavy atom. The molecule has 3 heterocycles. The molecule has 1 amide bonds. The van der Waals surface area contributed by atoms with Crippen molar-refractivity contribution in [1.82, 2.24) is 15.0 Å². The number of amides is 1. The van der Waals surface area contributed by atoms with Crippen LogP contribution in [-0.4, -0.2) is 31.9 Å². The van der Waals surface area contributed by atoms with Gasteiger partial charge in [-0.15, -0.1) is 0 Å². The highest BCUT2D eigenvalue weighted by Crippen LogP contribution is 2.49. The average molecular weight is 399 g/mol. The highest BCUT2D eigenvalue weighted by Gasteiger charge is 2.61. The van der Waals surface area contributed by atoms with E-state index in [9.17, 15) is 18.7 Å². The van der Waals surface area contributed by atoms with E-state index in [1.54, 1.807) is 37.5 Å². The molecule has 4 rings (SSSR count). The molecule has 6 nitrogen and oxygen atoms in total. The largest absolute Gasteiger partial charge is 0.387 e. The third kappa shape index (κ3) is 3.80. The summed E-state index contributed by atoms with van der Waals surface area (Å²) >= 11 is 0. The van der Waals surface area contributed by atoms with Crippen molar-refractivity contribution in [3.05, 3.63) is 48.0 Å².